The SMILES string of the molecule is CC.CC(C)(C)C(CCN)c1ccc(C2CCC2)cc1.CC(OCc1ccccc1)C1CCCC1. The second-order valence-corrected chi connectivity index (χ2v) is 11.3. The summed E-state index contributed by atoms with van der Waals surface area (Å²) < 4.78 is 5.91. The molecule has 0 radical (unpaired) electrons. The van der Waals surface area contributed by atoms with Crippen LogP contribution in [0.4, 0.5) is 0 Å². The van der Waals surface area contributed by atoms with Crippen LogP contribution in [0.15, 0.2) is 54.6 Å². The van der Waals surface area contributed by atoms with Crippen LogP contribution in [0, 0.1) is 11.3 Å². The summed E-state index contributed by atoms with van der Waals surface area (Å²) in [6.07, 6.45) is 11.2. The van der Waals surface area contributed by atoms with E-state index in [1.54, 1.807) is 0 Å². The van der Waals surface area contributed by atoms with Gasteiger partial charge in [-0.05, 0) is 85.4 Å². The Hall–Kier alpha value is -1.64. The van der Waals surface area contributed by atoms with E-state index >= 15 is 0 Å². The fraction of sp³-hybridized carbons (Fsp3) is 0.636. The molecule has 35 heavy (non-hydrogen) atoms. The van der Waals surface area contributed by atoms with Gasteiger partial charge in [0.1, 0.15) is 0 Å². The fourth-order valence-electron chi connectivity index (χ4n) is 5.37. The summed E-state index contributed by atoms with van der Waals surface area (Å²) in [5.74, 6) is 2.20. The van der Waals surface area contributed by atoms with Crippen molar-refractivity contribution in [3.63, 3.8) is 0 Å². The van der Waals surface area contributed by atoms with E-state index in [1.165, 1.54) is 61.6 Å². The van der Waals surface area contributed by atoms with Gasteiger partial charge in [-0.15, -0.1) is 0 Å². The molecule has 0 spiro atoms. The summed E-state index contributed by atoms with van der Waals surface area (Å²) >= 11 is 0. The Morgan fingerprint density at radius 2 is 1.46 bits per heavy atom. The average molecular weight is 480 g/mol. The van der Waals surface area contributed by atoms with Gasteiger partial charge in [0.15, 0.2) is 0 Å². The summed E-state index contributed by atoms with van der Waals surface area (Å²) in [7, 11) is 0. The third-order valence-electron chi connectivity index (χ3n) is 7.84. The lowest BCUT2D eigenvalue weighted by atomic mass is 9.73. The second kappa shape index (κ2) is 15.5. The molecule has 2 aliphatic carbocycles. The number of benzene rings is 2. The van der Waals surface area contributed by atoms with E-state index in [2.05, 4.69) is 76.2 Å². The van der Waals surface area contributed by atoms with Gasteiger partial charge in [-0.2, -0.15) is 0 Å². The second-order valence-electron chi connectivity index (χ2n) is 11.3. The zero-order valence-electron chi connectivity index (χ0n) is 23.6. The van der Waals surface area contributed by atoms with Crippen molar-refractivity contribution in [1.29, 1.82) is 0 Å². The number of hydrogen-bond acceptors (Lipinski definition) is 2. The Morgan fingerprint density at radius 1 is 0.857 bits per heavy atom. The minimum atomic E-state index is 0.289. The molecule has 0 aliphatic heterocycles. The highest BCUT2D eigenvalue weighted by atomic mass is 16.5. The van der Waals surface area contributed by atoms with Gasteiger partial charge in [-0.3, -0.25) is 0 Å². The van der Waals surface area contributed by atoms with Crippen LogP contribution in [0.2, 0.25) is 0 Å². The monoisotopic (exact) mass is 479 g/mol. The minimum Gasteiger partial charge on any atom is -0.374 e. The first-order chi connectivity index (χ1) is 16.9. The predicted molar refractivity (Wildman–Crippen MR) is 153 cm³/mol. The van der Waals surface area contributed by atoms with Gasteiger partial charge >= 0.3 is 0 Å². The largest absolute Gasteiger partial charge is 0.374 e. The maximum Gasteiger partial charge on any atom is 0.0720 e. The molecule has 2 N–H and O–H groups in total. The van der Waals surface area contributed by atoms with Crippen LogP contribution in [-0.2, 0) is 11.3 Å². The Kier molecular flexibility index (Phi) is 13.1. The topological polar surface area (TPSA) is 35.2 Å². The van der Waals surface area contributed by atoms with E-state index in [4.69, 9.17) is 10.5 Å². The molecule has 0 aromatic heterocycles. The van der Waals surface area contributed by atoms with Crippen LogP contribution in [0.1, 0.15) is 121 Å². The van der Waals surface area contributed by atoms with E-state index < -0.39 is 0 Å². The van der Waals surface area contributed by atoms with Gasteiger partial charge in [-0.25, -0.2) is 0 Å². The molecule has 0 saturated heterocycles. The number of hydrogen-bond donors (Lipinski definition) is 1. The van der Waals surface area contributed by atoms with Crippen LogP contribution >= 0.6 is 0 Å². The van der Waals surface area contributed by atoms with Gasteiger partial charge in [0, 0.05) is 0 Å². The summed E-state index contributed by atoms with van der Waals surface area (Å²) in [6, 6.07) is 19.8. The molecule has 0 bridgehead atoms. The number of rotatable bonds is 8. The molecule has 2 nitrogen and oxygen atoms in total. The lowest BCUT2D eigenvalue weighted by molar-refractivity contribution is 0.0152. The minimum absolute atomic E-state index is 0.289. The normalized spacial score (nSPS) is 17.9. The molecule has 2 fully saturated rings. The molecule has 0 heterocycles. The van der Waals surface area contributed by atoms with E-state index in [9.17, 15) is 0 Å². The molecule has 2 heteroatoms. The zero-order valence-corrected chi connectivity index (χ0v) is 23.6. The first kappa shape index (κ1) is 29.6. The van der Waals surface area contributed by atoms with Crippen molar-refractivity contribution in [2.45, 2.75) is 117 Å². The van der Waals surface area contributed by atoms with E-state index in [-0.39, 0.29) is 5.41 Å². The first-order valence-corrected chi connectivity index (χ1v) is 14.3. The molecule has 4 rings (SSSR count). The van der Waals surface area contributed by atoms with Crippen LogP contribution in [0.5, 0.6) is 0 Å². The molecule has 2 atom stereocenters. The van der Waals surface area contributed by atoms with Crippen molar-refractivity contribution in [2.24, 2.45) is 17.1 Å². The molecule has 0 amide bonds. The lowest BCUT2D eigenvalue weighted by Crippen LogP contribution is -2.21. The van der Waals surface area contributed by atoms with E-state index in [1.807, 2.05) is 19.9 Å². The van der Waals surface area contributed by atoms with Gasteiger partial charge in [0.05, 0.1) is 12.7 Å². The highest BCUT2D eigenvalue weighted by Gasteiger charge is 2.26. The third kappa shape index (κ3) is 9.73. The van der Waals surface area contributed by atoms with Gasteiger partial charge < -0.3 is 10.5 Å². The third-order valence-corrected chi connectivity index (χ3v) is 7.84. The smallest absolute Gasteiger partial charge is 0.0720 e. The molecule has 2 aromatic carbocycles. The maximum atomic E-state index is 5.91. The molecule has 2 aromatic rings. The van der Waals surface area contributed by atoms with E-state index in [0.717, 1.165) is 31.4 Å². The molecular formula is C33H53NO. The van der Waals surface area contributed by atoms with Crippen molar-refractivity contribution in [2.75, 3.05) is 6.54 Å². The van der Waals surface area contributed by atoms with Crippen LogP contribution in [0.25, 0.3) is 0 Å². The zero-order chi connectivity index (χ0) is 25.7. The summed E-state index contributed by atoms with van der Waals surface area (Å²) in [6.45, 7) is 14.7. The molecule has 2 unspecified atom stereocenters. The fourth-order valence-corrected chi connectivity index (χ4v) is 5.37. The summed E-state index contributed by atoms with van der Waals surface area (Å²) in [5.41, 5.74) is 10.3. The number of ether oxygens (including phenoxy) is 1. The Morgan fingerprint density at radius 3 is 1.94 bits per heavy atom. The van der Waals surface area contributed by atoms with Crippen molar-refractivity contribution >= 4 is 0 Å². The molecule has 2 saturated carbocycles. The van der Waals surface area contributed by atoms with Gasteiger partial charge in [0.2, 0.25) is 0 Å². The summed E-state index contributed by atoms with van der Waals surface area (Å²) in [4.78, 5) is 0. The van der Waals surface area contributed by atoms with Crippen molar-refractivity contribution in [1.82, 2.24) is 0 Å². The summed E-state index contributed by atoms with van der Waals surface area (Å²) in [5, 5.41) is 0. The van der Waals surface area contributed by atoms with Crippen LogP contribution < -0.4 is 5.73 Å². The van der Waals surface area contributed by atoms with Gasteiger partial charge in [0.25, 0.3) is 0 Å². The van der Waals surface area contributed by atoms with Gasteiger partial charge in [-0.1, -0.05) is 108 Å². The van der Waals surface area contributed by atoms with E-state index in [0.29, 0.717) is 12.0 Å². The molecular weight excluding hydrogens is 426 g/mol. The highest BCUT2D eigenvalue weighted by Crippen LogP contribution is 2.40. The Balaban J connectivity index is 0.000000234. The van der Waals surface area contributed by atoms with Crippen molar-refractivity contribution < 1.29 is 4.74 Å². The quantitative estimate of drug-likeness (QED) is 0.409. The van der Waals surface area contributed by atoms with Crippen molar-refractivity contribution in [3.05, 3.63) is 71.3 Å². The highest BCUT2D eigenvalue weighted by molar-refractivity contribution is 5.29. The lowest BCUT2D eigenvalue weighted by Gasteiger charge is -2.32. The first-order valence-electron chi connectivity index (χ1n) is 14.3. The number of nitrogens with two attached hydrogens (primary N) is 1. The maximum absolute atomic E-state index is 5.91. The van der Waals surface area contributed by atoms with Crippen LogP contribution in [0.3, 0.4) is 0 Å². The molecule has 196 valence electrons. The van der Waals surface area contributed by atoms with Crippen LogP contribution in [-0.4, -0.2) is 12.6 Å². The average Bonchev–Trinajstić information content (AvgIpc) is 3.38. The Bertz CT molecular complexity index is 782. The predicted octanol–water partition coefficient (Wildman–Crippen LogP) is 9.24. The Labute approximate surface area is 217 Å². The standard InChI is InChI=1S/C17H27N.C14H20O.C2H6/c1-17(2,3)16(11-12-18)15-9-7-14(8-10-15)13-5-4-6-13;1-12(14-9-5-6-10-14)15-11-13-7-3-2-4-8-13;1-2/h7-10,13,16H,4-6,11-12,18H2,1-3H3;2-4,7-8,12,14H,5-6,9-11H2,1H3;1-2H3. The molecule has 2 aliphatic rings. The van der Waals surface area contributed by atoms with Crippen molar-refractivity contribution in [3.8, 4) is 0 Å².